The number of nitrogens with two attached hydrogens (primary N) is 1. The number of anilines is 1. The summed E-state index contributed by atoms with van der Waals surface area (Å²) in [6.07, 6.45) is 0. The lowest BCUT2D eigenvalue weighted by atomic mass is 10.2. The Balaban J connectivity index is 3.60. The molecule has 6 N–H and O–H groups in total. The van der Waals surface area contributed by atoms with Gasteiger partial charge in [0.2, 0.25) is 5.75 Å². The van der Waals surface area contributed by atoms with Crippen molar-refractivity contribution in [3.8, 4) is 23.0 Å². The van der Waals surface area contributed by atoms with Gasteiger partial charge in [0.05, 0.1) is 0 Å². The second kappa shape index (κ2) is 2.53. The van der Waals surface area contributed by atoms with Crippen LogP contribution < -0.4 is 5.73 Å². The van der Waals surface area contributed by atoms with Gasteiger partial charge in [0.15, 0.2) is 17.2 Å². The van der Waals surface area contributed by atoms with E-state index in [1.165, 1.54) is 0 Å². The number of phenols is 4. The summed E-state index contributed by atoms with van der Waals surface area (Å²) in [5, 5.41) is 35.3. The average Bonchev–Trinajstić information content (AvgIpc) is 2.08. The monoisotopic (exact) mass is 191 g/mol. The number of hydrogen-bond acceptors (Lipinski definition) is 5. The molecule has 1 aromatic carbocycles. The number of phenolic OH excluding ortho intramolecular Hbond substituents is 4. The molecule has 12 heavy (non-hydrogen) atoms. The van der Waals surface area contributed by atoms with Crippen LogP contribution in [0.4, 0.5) is 5.69 Å². The first kappa shape index (κ1) is 8.61. The summed E-state index contributed by atoms with van der Waals surface area (Å²) in [7, 11) is 0. The topological polar surface area (TPSA) is 107 Å². The first-order chi connectivity index (χ1) is 5.46. The van der Waals surface area contributed by atoms with Crippen LogP contribution in [0.25, 0.3) is 0 Å². The van der Waals surface area contributed by atoms with Crippen LogP contribution >= 0.6 is 11.6 Å². The fourth-order valence-electron chi connectivity index (χ4n) is 0.686. The van der Waals surface area contributed by atoms with E-state index in [0.29, 0.717) is 0 Å². The van der Waals surface area contributed by atoms with E-state index in [1.807, 2.05) is 0 Å². The van der Waals surface area contributed by atoms with E-state index in [-0.39, 0.29) is 0 Å². The fourth-order valence-corrected chi connectivity index (χ4v) is 0.878. The van der Waals surface area contributed by atoms with Gasteiger partial charge in [0.25, 0.3) is 0 Å². The highest BCUT2D eigenvalue weighted by molar-refractivity contribution is 6.34. The number of rotatable bonds is 0. The van der Waals surface area contributed by atoms with Crippen molar-refractivity contribution >= 4 is 17.3 Å². The number of benzene rings is 1. The number of aromatic hydroxyl groups is 4. The van der Waals surface area contributed by atoms with Gasteiger partial charge in [-0.1, -0.05) is 11.6 Å². The molecule has 1 aromatic rings. The molecule has 0 aliphatic heterocycles. The molecule has 0 aliphatic carbocycles. The van der Waals surface area contributed by atoms with Crippen molar-refractivity contribution in [3.63, 3.8) is 0 Å². The van der Waals surface area contributed by atoms with Crippen LogP contribution in [0.1, 0.15) is 0 Å². The van der Waals surface area contributed by atoms with E-state index < -0.39 is 33.7 Å². The lowest BCUT2D eigenvalue weighted by Crippen LogP contribution is -1.88. The van der Waals surface area contributed by atoms with E-state index >= 15 is 0 Å². The second-order valence-electron chi connectivity index (χ2n) is 2.12. The van der Waals surface area contributed by atoms with Crippen molar-refractivity contribution in [1.82, 2.24) is 0 Å². The van der Waals surface area contributed by atoms with Gasteiger partial charge in [-0.2, -0.15) is 0 Å². The molecule has 6 heteroatoms. The Kier molecular flexibility index (Phi) is 1.81. The summed E-state index contributed by atoms with van der Waals surface area (Å²) in [6, 6.07) is 0. The highest BCUT2D eigenvalue weighted by Gasteiger charge is 2.19. The van der Waals surface area contributed by atoms with Crippen LogP contribution in [0.15, 0.2) is 0 Å². The Morgan fingerprint density at radius 1 is 0.833 bits per heavy atom. The SMILES string of the molecule is Nc1c(O)c(O)c(O)c(Cl)c1O. The molecule has 0 aliphatic rings. The molecule has 0 heterocycles. The summed E-state index contributed by atoms with van der Waals surface area (Å²) >= 11 is 5.31. The third kappa shape index (κ3) is 0.947. The van der Waals surface area contributed by atoms with E-state index in [4.69, 9.17) is 37.8 Å². The predicted molar refractivity (Wildman–Crippen MR) is 42.5 cm³/mol. The van der Waals surface area contributed by atoms with E-state index in [1.54, 1.807) is 0 Å². The molecule has 0 atom stereocenters. The Hall–Kier alpha value is -1.49. The summed E-state index contributed by atoms with van der Waals surface area (Å²) < 4.78 is 0. The normalized spacial score (nSPS) is 10.1. The molecule has 0 radical (unpaired) electrons. The minimum atomic E-state index is -0.852. The lowest BCUT2D eigenvalue weighted by Gasteiger charge is -2.07. The third-order valence-corrected chi connectivity index (χ3v) is 1.73. The van der Waals surface area contributed by atoms with E-state index in [2.05, 4.69) is 0 Å². The van der Waals surface area contributed by atoms with E-state index in [0.717, 1.165) is 0 Å². The average molecular weight is 192 g/mol. The smallest absolute Gasteiger partial charge is 0.204 e. The molecule has 1 rings (SSSR count). The second-order valence-corrected chi connectivity index (χ2v) is 2.50. The molecule has 5 nitrogen and oxygen atoms in total. The van der Waals surface area contributed by atoms with Gasteiger partial charge in [-0.15, -0.1) is 0 Å². The molecule has 0 saturated carbocycles. The van der Waals surface area contributed by atoms with Crippen LogP contribution in [0.3, 0.4) is 0 Å². The molecular weight excluding hydrogens is 186 g/mol. The van der Waals surface area contributed by atoms with Crippen LogP contribution in [0.5, 0.6) is 23.0 Å². The Bertz CT molecular complexity index is 234. The molecule has 0 amide bonds. The largest absolute Gasteiger partial charge is 0.504 e. The van der Waals surface area contributed by atoms with Gasteiger partial charge in [-0.3, -0.25) is 0 Å². The molecule has 0 fully saturated rings. The van der Waals surface area contributed by atoms with Gasteiger partial charge in [0.1, 0.15) is 10.7 Å². The van der Waals surface area contributed by atoms with E-state index in [9.17, 15) is 0 Å². The van der Waals surface area contributed by atoms with Crippen molar-refractivity contribution in [2.45, 2.75) is 0 Å². The standard InChI is InChI=1S/C6H6ClNO4/c7-1-3(9)2(8)5(11)6(12)4(1)10/h9-12H,8H2. The molecule has 66 valence electrons. The van der Waals surface area contributed by atoms with Crippen LogP contribution in [0.2, 0.25) is 5.02 Å². The molecular formula is C6H6ClNO4. The van der Waals surface area contributed by atoms with Crippen molar-refractivity contribution < 1.29 is 20.4 Å². The molecule has 0 saturated heterocycles. The zero-order chi connectivity index (χ0) is 9.46. The Morgan fingerprint density at radius 2 is 1.33 bits per heavy atom. The maximum absolute atomic E-state index is 9.00. The van der Waals surface area contributed by atoms with Gasteiger partial charge in [-0.05, 0) is 0 Å². The first-order valence-corrected chi connectivity index (χ1v) is 3.25. The minimum Gasteiger partial charge on any atom is -0.504 e. The Morgan fingerprint density at radius 3 is 1.83 bits per heavy atom. The summed E-state index contributed by atoms with van der Waals surface area (Å²) in [4.78, 5) is 0. The highest BCUT2D eigenvalue weighted by atomic mass is 35.5. The zero-order valence-electron chi connectivity index (χ0n) is 5.74. The highest BCUT2D eigenvalue weighted by Crippen LogP contribution is 2.50. The fraction of sp³-hybridized carbons (Fsp3) is 0. The van der Waals surface area contributed by atoms with Crippen molar-refractivity contribution in [2.75, 3.05) is 5.73 Å². The third-order valence-electron chi connectivity index (χ3n) is 1.37. The summed E-state index contributed by atoms with van der Waals surface area (Å²) in [6.45, 7) is 0. The summed E-state index contributed by atoms with van der Waals surface area (Å²) in [5.41, 5.74) is 4.62. The zero-order valence-corrected chi connectivity index (χ0v) is 6.50. The minimum absolute atomic E-state index is 0.477. The number of halogens is 1. The Labute approximate surface area is 72.3 Å². The maximum Gasteiger partial charge on any atom is 0.204 e. The maximum atomic E-state index is 9.00. The first-order valence-electron chi connectivity index (χ1n) is 2.87. The molecule has 0 unspecified atom stereocenters. The predicted octanol–water partition coefficient (Wildman–Crippen LogP) is 0.745. The number of hydrogen-bond donors (Lipinski definition) is 5. The van der Waals surface area contributed by atoms with Crippen molar-refractivity contribution in [3.05, 3.63) is 5.02 Å². The van der Waals surface area contributed by atoms with Gasteiger partial charge in [-0.25, -0.2) is 0 Å². The summed E-state index contributed by atoms with van der Waals surface area (Å²) in [5.74, 6) is -3.12. The lowest BCUT2D eigenvalue weighted by molar-refractivity contribution is 0.363. The van der Waals surface area contributed by atoms with Crippen molar-refractivity contribution in [2.24, 2.45) is 0 Å². The van der Waals surface area contributed by atoms with Crippen LogP contribution in [-0.4, -0.2) is 20.4 Å². The van der Waals surface area contributed by atoms with Crippen LogP contribution in [-0.2, 0) is 0 Å². The van der Waals surface area contributed by atoms with Gasteiger partial charge >= 0.3 is 0 Å². The van der Waals surface area contributed by atoms with Gasteiger partial charge in [0, 0.05) is 0 Å². The number of nitrogen functional groups attached to an aromatic ring is 1. The molecule has 0 spiro atoms. The van der Waals surface area contributed by atoms with Crippen molar-refractivity contribution in [1.29, 1.82) is 0 Å². The van der Waals surface area contributed by atoms with Gasteiger partial charge < -0.3 is 26.2 Å². The molecule has 0 bridgehead atoms. The van der Waals surface area contributed by atoms with Crippen LogP contribution in [0, 0.1) is 0 Å². The quantitative estimate of drug-likeness (QED) is 0.236. The molecule has 0 aromatic heterocycles.